The quantitative estimate of drug-likeness (QED) is 0.687. The van der Waals surface area contributed by atoms with E-state index in [1.807, 2.05) is 25.1 Å². The van der Waals surface area contributed by atoms with Gasteiger partial charge in [0.1, 0.15) is 10.7 Å². The lowest BCUT2D eigenvalue weighted by Gasteiger charge is -2.06. The van der Waals surface area contributed by atoms with Crippen molar-refractivity contribution in [1.29, 1.82) is 0 Å². The molecule has 0 bridgehead atoms. The molecule has 0 radical (unpaired) electrons. The van der Waals surface area contributed by atoms with Gasteiger partial charge in [-0.3, -0.25) is 10.1 Å². The number of nitrogens with one attached hydrogen (secondary N) is 1. The van der Waals surface area contributed by atoms with Crippen molar-refractivity contribution >= 4 is 27.5 Å². The minimum Gasteiger partial charge on any atom is -0.404 e. The van der Waals surface area contributed by atoms with Gasteiger partial charge in [0.2, 0.25) is 0 Å². The molecule has 1 aromatic carbocycles. The van der Waals surface area contributed by atoms with E-state index in [1.54, 1.807) is 6.07 Å². The highest BCUT2D eigenvalue weighted by Gasteiger charge is 2.11. The molecule has 18 heavy (non-hydrogen) atoms. The van der Waals surface area contributed by atoms with Gasteiger partial charge >= 0.3 is 5.88 Å². The Balaban J connectivity index is 2.04. The Morgan fingerprint density at radius 1 is 1.39 bits per heavy atom. The van der Waals surface area contributed by atoms with Gasteiger partial charge in [0.25, 0.3) is 0 Å². The van der Waals surface area contributed by atoms with Crippen molar-refractivity contribution in [3.05, 3.63) is 56.2 Å². The smallest absolute Gasteiger partial charge is 0.404 e. The van der Waals surface area contributed by atoms with Gasteiger partial charge in [0, 0.05) is 10.2 Å². The van der Waals surface area contributed by atoms with Gasteiger partial charge in [-0.2, -0.15) is 0 Å². The first-order chi connectivity index (χ1) is 8.54. The highest BCUT2D eigenvalue weighted by molar-refractivity contribution is 9.10. The van der Waals surface area contributed by atoms with Crippen molar-refractivity contribution in [2.24, 2.45) is 0 Å². The van der Waals surface area contributed by atoms with E-state index < -0.39 is 4.92 Å². The van der Waals surface area contributed by atoms with E-state index in [0.717, 1.165) is 15.7 Å². The SMILES string of the molecule is Cc1cc(Br)cc(NCc2ccc([N+](=O)[O-])o2)c1. The van der Waals surface area contributed by atoms with Crippen LogP contribution in [0.1, 0.15) is 11.3 Å². The number of nitro groups is 1. The number of halogens is 1. The van der Waals surface area contributed by atoms with Gasteiger partial charge in [-0.15, -0.1) is 0 Å². The molecule has 0 aliphatic heterocycles. The maximum Gasteiger partial charge on any atom is 0.433 e. The van der Waals surface area contributed by atoms with Crippen molar-refractivity contribution in [3.8, 4) is 0 Å². The molecule has 0 aliphatic rings. The average molecular weight is 311 g/mol. The van der Waals surface area contributed by atoms with Crippen LogP contribution in [0.15, 0.2) is 39.2 Å². The molecule has 0 unspecified atom stereocenters. The second kappa shape index (κ2) is 5.22. The van der Waals surface area contributed by atoms with Crippen LogP contribution in [0, 0.1) is 17.0 Å². The number of rotatable bonds is 4. The number of furan rings is 1. The van der Waals surface area contributed by atoms with Crippen molar-refractivity contribution in [3.63, 3.8) is 0 Å². The minimum atomic E-state index is -0.549. The fraction of sp³-hybridized carbons (Fsp3) is 0.167. The second-order valence-electron chi connectivity index (χ2n) is 3.87. The summed E-state index contributed by atoms with van der Waals surface area (Å²) in [5, 5.41) is 13.6. The summed E-state index contributed by atoms with van der Waals surface area (Å²) < 4.78 is 6.04. The zero-order valence-corrected chi connectivity index (χ0v) is 11.2. The standard InChI is InChI=1S/C12H11BrN2O3/c1-8-4-9(13)6-10(5-8)14-7-11-2-3-12(18-11)15(16)17/h2-6,14H,7H2,1H3. The van der Waals surface area contributed by atoms with Crippen LogP contribution in [-0.2, 0) is 6.54 Å². The molecule has 5 nitrogen and oxygen atoms in total. The zero-order valence-electron chi connectivity index (χ0n) is 9.64. The summed E-state index contributed by atoms with van der Waals surface area (Å²) in [6, 6.07) is 8.87. The van der Waals surface area contributed by atoms with Crippen LogP contribution >= 0.6 is 15.9 Å². The molecular formula is C12H11BrN2O3. The third-order valence-corrected chi connectivity index (χ3v) is 2.79. The minimum absolute atomic E-state index is 0.239. The van der Waals surface area contributed by atoms with Crippen LogP contribution in [0.2, 0.25) is 0 Å². The predicted molar refractivity (Wildman–Crippen MR) is 71.6 cm³/mol. The molecule has 0 fully saturated rings. The van der Waals surface area contributed by atoms with Crippen LogP contribution in [0.5, 0.6) is 0 Å². The van der Waals surface area contributed by atoms with Gasteiger partial charge in [-0.25, -0.2) is 0 Å². The maximum atomic E-state index is 10.5. The van der Waals surface area contributed by atoms with Crippen molar-refractivity contribution in [2.75, 3.05) is 5.32 Å². The molecule has 0 saturated carbocycles. The summed E-state index contributed by atoms with van der Waals surface area (Å²) in [5.41, 5.74) is 2.05. The number of aryl methyl sites for hydroxylation is 1. The van der Waals surface area contributed by atoms with E-state index in [-0.39, 0.29) is 5.88 Å². The lowest BCUT2D eigenvalue weighted by atomic mass is 10.2. The van der Waals surface area contributed by atoms with Crippen LogP contribution < -0.4 is 5.32 Å². The molecule has 2 aromatic rings. The van der Waals surface area contributed by atoms with Crippen LogP contribution in [0.25, 0.3) is 0 Å². The number of nitrogens with zero attached hydrogens (tertiary/aromatic N) is 1. The predicted octanol–water partition coefficient (Wildman–Crippen LogP) is 3.87. The van der Waals surface area contributed by atoms with E-state index >= 15 is 0 Å². The number of benzene rings is 1. The Hall–Kier alpha value is -1.82. The molecule has 0 atom stereocenters. The molecule has 94 valence electrons. The molecule has 0 aliphatic carbocycles. The van der Waals surface area contributed by atoms with Gasteiger partial charge in [-0.1, -0.05) is 15.9 Å². The normalized spacial score (nSPS) is 10.3. The molecule has 0 saturated heterocycles. The second-order valence-corrected chi connectivity index (χ2v) is 4.78. The first-order valence-corrected chi connectivity index (χ1v) is 6.08. The summed E-state index contributed by atoms with van der Waals surface area (Å²) >= 11 is 3.41. The first kappa shape index (κ1) is 12.6. The third-order valence-electron chi connectivity index (χ3n) is 2.34. The molecule has 0 amide bonds. The highest BCUT2D eigenvalue weighted by Crippen LogP contribution is 2.21. The first-order valence-electron chi connectivity index (χ1n) is 5.29. The maximum absolute atomic E-state index is 10.5. The third kappa shape index (κ3) is 3.10. The Bertz CT molecular complexity index is 560. The molecule has 1 heterocycles. The van der Waals surface area contributed by atoms with Crippen LogP contribution in [0.3, 0.4) is 0 Å². The molecular weight excluding hydrogens is 300 g/mol. The van der Waals surface area contributed by atoms with E-state index in [0.29, 0.717) is 12.3 Å². The van der Waals surface area contributed by atoms with Gasteiger partial charge in [0.15, 0.2) is 0 Å². The monoisotopic (exact) mass is 310 g/mol. The van der Waals surface area contributed by atoms with Gasteiger partial charge in [-0.05, 0) is 36.8 Å². The van der Waals surface area contributed by atoms with E-state index in [1.165, 1.54) is 6.07 Å². The molecule has 1 aromatic heterocycles. The van der Waals surface area contributed by atoms with E-state index in [2.05, 4.69) is 21.2 Å². The fourth-order valence-electron chi connectivity index (χ4n) is 1.59. The highest BCUT2D eigenvalue weighted by atomic mass is 79.9. The Labute approximate surface area is 112 Å². The summed E-state index contributed by atoms with van der Waals surface area (Å²) in [7, 11) is 0. The Kier molecular flexibility index (Phi) is 3.66. The summed E-state index contributed by atoms with van der Waals surface area (Å²) in [5.74, 6) is 0.288. The molecule has 6 heteroatoms. The van der Waals surface area contributed by atoms with Gasteiger partial charge < -0.3 is 9.73 Å². The topological polar surface area (TPSA) is 68.3 Å². The van der Waals surface area contributed by atoms with E-state index in [4.69, 9.17) is 4.42 Å². The van der Waals surface area contributed by atoms with Crippen molar-refractivity contribution in [2.45, 2.75) is 13.5 Å². The van der Waals surface area contributed by atoms with Crippen LogP contribution in [0.4, 0.5) is 11.6 Å². The lowest BCUT2D eigenvalue weighted by Crippen LogP contribution is -1.98. The number of hydrogen-bond acceptors (Lipinski definition) is 4. The van der Waals surface area contributed by atoms with Crippen molar-refractivity contribution in [1.82, 2.24) is 0 Å². The number of hydrogen-bond donors (Lipinski definition) is 1. The largest absolute Gasteiger partial charge is 0.433 e. The van der Waals surface area contributed by atoms with Crippen LogP contribution in [-0.4, -0.2) is 4.92 Å². The Morgan fingerprint density at radius 2 is 2.17 bits per heavy atom. The fourth-order valence-corrected chi connectivity index (χ4v) is 2.20. The summed E-state index contributed by atoms with van der Waals surface area (Å²) in [6.07, 6.45) is 0. The summed E-state index contributed by atoms with van der Waals surface area (Å²) in [6.45, 7) is 2.40. The molecule has 0 spiro atoms. The molecule has 1 N–H and O–H groups in total. The Morgan fingerprint density at radius 3 is 2.78 bits per heavy atom. The molecule has 2 rings (SSSR count). The van der Waals surface area contributed by atoms with Gasteiger partial charge in [0.05, 0.1) is 12.6 Å². The summed E-state index contributed by atoms with van der Waals surface area (Å²) in [4.78, 5) is 9.91. The number of anilines is 1. The average Bonchev–Trinajstić information content (AvgIpc) is 2.73. The lowest BCUT2D eigenvalue weighted by molar-refractivity contribution is -0.402. The van der Waals surface area contributed by atoms with Crippen molar-refractivity contribution < 1.29 is 9.34 Å². The zero-order chi connectivity index (χ0) is 13.1. The van der Waals surface area contributed by atoms with E-state index in [9.17, 15) is 10.1 Å².